The average molecular weight is 1060 g/mol. The lowest BCUT2D eigenvalue weighted by molar-refractivity contribution is 0.0444. The third-order valence-electron chi connectivity index (χ3n) is 21.5. The number of para-hydroxylation sites is 3. The Morgan fingerprint density at radius 2 is 0.519 bits per heavy atom. The molecule has 9 aliphatic rings. The van der Waals surface area contributed by atoms with E-state index in [0.29, 0.717) is 23.5 Å². The fourth-order valence-corrected chi connectivity index (χ4v) is 16.8. The van der Waals surface area contributed by atoms with E-state index in [1.54, 1.807) is 14.2 Å². The van der Waals surface area contributed by atoms with Crippen LogP contribution in [0.25, 0.3) is 0 Å². The molecule has 0 unspecified atom stereocenters. The van der Waals surface area contributed by atoms with Crippen LogP contribution in [0.2, 0.25) is 0 Å². The van der Waals surface area contributed by atoms with Crippen molar-refractivity contribution in [3.05, 3.63) is 89.5 Å². The van der Waals surface area contributed by atoms with Crippen LogP contribution in [-0.4, -0.2) is 164 Å². The zero-order chi connectivity index (χ0) is 52.6. The van der Waals surface area contributed by atoms with Gasteiger partial charge in [-0.3, -0.25) is 29.4 Å². The van der Waals surface area contributed by atoms with Gasteiger partial charge in [-0.25, -0.2) is 0 Å². The molecule has 3 aliphatic heterocycles. The van der Waals surface area contributed by atoms with Crippen LogP contribution >= 0.6 is 0 Å². The van der Waals surface area contributed by atoms with Crippen molar-refractivity contribution in [2.24, 2.45) is 0 Å². The molecule has 9 nitrogen and oxygen atoms in total. The molecule has 1 N–H and O–H groups in total. The maximum absolute atomic E-state index is 10.1. The summed E-state index contributed by atoms with van der Waals surface area (Å²) >= 11 is 0. The summed E-state index contributed by atoms with van der Waals surface area (Å²) in [5.74, 6) is 4.58. The number of hydrogen-bond donors (Lipinski definition) is 1. The number of hydrogen-bond acceptors (Lipinski definition) is 9. The van der Waals surface area contributed by atoms with Crippen LogP contribution in [0.5, 0.6) is 17.2 Å². The van der Waals surface area contributed by atoms with Gasteiger partial charge in [0.1, 0.15) is 17.2 Å². The quantitative estimate of drug-likeness (QED) is 0.202. The Hall–Kier alpha value is -3.18. The number of nitrogens with zero attached hydrogens (tertiary/aromatic N) is 6. The Kier molecular flexibility index (Phi) is 21.9. The highest BCUT2D eigenvalue weighted by Gasteiger charge is 2.35. The van der Waals surface area contributed by atoms with E-state index >= 15 is 0 Å². The third-order valence-corrected chi connectivity index (χ3v) is 21.5. The predicted octanol–water partition coefficient (Wildman–Crippen LogP) is 13.7. The molecule has 0 aromatic heterocycles. The Morgan fingerprint density at radius 1 is 0.286 bits per heavy atom. The van der Waals surface area contributed by atoms with Crippen LogP contribution in [0.15, 0.2) is 72.8 Å². The van der Waals surface area contributed by atoms with Gasteiger partial charge in [-0.05, 0) is 168 Å². The van der Waals surface area contributed by atoms with Gasteiger partial charge in [0.15, 0.2) is 0 Å². The lowest BCUT2D eigenvalue weighted by Gasteiger charge is -2.45. The molecular formula is C68H106N6O3. The molecule has 0 atom stereocenters. The van der Waals surface area contributed by atoms with Crippen LogP contribution in [0, 0.1) is 0 Å². The monoisotopic (exact) mass is 1050 g/mol. The summed E-state index contributed by atoms with van der Waals surface area (Å²) in [6.07, 6.45) is 37.5. The molecule has 9 fully saturated rings. The molecule has 426 valence electrons. The minimum Gasteiger partial charge on any atom is -0.508 e. The Labute approximate surface area is 468 Å². The second-order valence-electron chi connectivity index (χ2n) is 25.7. The van der Waals surface area contributed by atoms with E-state index in [1.165, 1.54) is 269 Å². The third kappa shape index (κ3) is 15.4. The minimum absolute atomic E-state index is 0.493. The number of benzene rings is 3. The summed E-state index contributed by atoms with van der Waals surface area (Å²) in [5, 5.41) is 10.1. The summed E-state index contributed by atoms with van der Waals surface area (Å²) in [6, 6.07) is 30.3. The van der Waals surface area contributed by atoms with Gasteiger partial charge in [-0.2, -0.15) is 0 Å². The molecular weight excluding hydrogens is 949 g/mol. The summed E-state index contributed by atoms with van der Waals surface area (Å²) in [4.78, 5) is 16.8. The molecule has 6 aliphatic carbocycles. The molecule has 77 heavy (non-hydrogen) atoms. The molecule has 0 spiro atoms. The van der Waals surface area contributed by atoms with Crippen LogP contribution in [-0.2, 0) is 0 Å². The molecule has 3 aromatic carbocycles. The molecule has 6 saturated carbocycles. The maximum atomic E-state index is 10.1. The summed E-state index contributed by atoms with van der Waals surface area (Å²) in [5.41, 5.74) is 4.02. The molecule has 3 aromatic rings. The van der Waals surface area contributed by atoms with Crippen LogP contribution in [0.1, 0.15) is 208 Å². The van der Waals surface area contributed by atoms with Gasteiger partial charge >= 0.3 is 0 Å². The highest BCUT2D eigenvalue weighted by molar-refractivity contribution is 5.38. The lowest BCUT2D eigenvalue weighted by Crippen LogP contribution is -2.53. The first kappa shape index (κ1) is 57.1. The molecule has 0 radical (unpaired) electrons. The molecule has 0 amide bonds. The highest BCUT2D eigenvalue weighted by atomic mass is 16.5. The van der Waals surface area contributed by atoms with E-state index in [4.69, 9.17) is 9.47 Å². The van der Waals surface area contributed by atoms with Crippen molar-refractivity contribution >= 4 is 0 Å². The number of aromatic hydroxyl groups is 1. The standard InChI is InChI=1S/2C23H36N2O.C22H34N2O/c2*1-26-23-10-6-5-9-22(23)19-11-13-21(14-12-19)25-17-15-24(16-18-25)20-7-3-2-4-8-20;25-22-9-5-4-8-21(22)18-10-12-20(13-11-18)24-16-14-23(15-17-24)19-6-2-1-3-7-19/h2*5-6,9-10,19-21H,2-4,7-8,11-18H2,1H3;4-5,8-9,18-20,25H,1-3,6-7,10-17H2. The summed E-state index contributed by atoms with van der Waals surface area (Å²) in [7, 11) is 3.60. The maximum Gasteiger partial charge on any atom is 0.122 e. The van der Waals surface area contributed by atoms with Crippen molar-refractivity contribution in [1.29, 1.82) is 0 Å². The summed E-state index contributed by atoms with van der Waals surface area (Å²) < 4.78 is 11.2. The Morgan fingerprint density at radius 3 is 0.792 bits per heavy atom. The fraction of sp³-hybridized carbons (Fsp3) is 0.735. The minimum atomic E-state index is 0.493. The number of rotatable bonds is 11. The molecule has 12 rings (SSSR count). The van der Waals surface area contributed by atoms with Crippen molar-refractivity contribution in [3.63, 3.8) is 0 Å². The van der Waals surface area contributed by atoms with E-state index in [-0.39, 0.29) is 0 Å². The number of phenols is 1. The van der Waals surface area contributed by atoms with Gasteiger partial charge < -0.3 is 14.6 Å². The zero-order valence-corrected chi connectivity index (χ0v) is 48.6. The average Bonchev–Trinajstić information content (AvgIpc) is 3.53. The van der Waals surface area contributed by atoms with Crippen LogP contribution in [0.3, 0.4) is 0 Å². The number of piperazine rings is 3. The topological polar surface area (TPSA) is 58.1 Å². The fourth-order valence-electron chi connectivity index (χ4n) is 16.8. The van der Waals surface area contributed by atoms with Crippen molar-refractivity contribution in [1.82, 2.24) is 29.4 Å². The lowest BCUT2D eigenvalue weighted by atomic mass is 9.80. The first-order chi connectivity index (χ1) is 38.0. The second kappa shape index (κ2) is 29.5. The van der Waals surface area contributed by atoms with Gasteiger partial charge in [0, 0.05) is 115 Å². The molecule has 9 heteroatoms. The van der Waals surface area contributed by atoms with Crippen LogP contribution < -0.4 is 9.47 Å². The first-order valence-electron chi connectivity index (χ1n) is 32.5. The predicted molar refractivity (Wildman–Crippen MR) is 319 cm³/mol. The SMILES string of the molecule is COc1ccccc1C1CCC(N2CCN(C3CCCCC3)CC2)CC1.COc1ccccc1C1CCC(N2CCN(C3CCCCC3)CC2)CC1.Oc1ccccc1C1CCC(N2CCN(C3CCCCC3)CC2)CC1. The van der Waals surface area contributed by atoms with E-state index < -0.39 is 0 Å². The van der Waals surface area contributed by atoms with Crippen LogP contribution in [0.4, 0.5) is 0 Å². The zero-order valence-electron chi connectivity index (χ0n) is 48.6. The summed E-state index contributed by atoms with van der Waals surface area (Å²) in [6.45, 7) is 15.5. The first-order valence-corrected chi connectivity index (χ1v) is 32.5. The van der Waals surface area contributed by atoms with E-state index in [2.05, 4.69) is 90.1 Å². The van der Waals surface area contributed by atoms with Gasteiger partial charge in [-0.1, -0.05) is 112 Å². The molecule has 3 heterocycles. The normalized spacial score (nSPS) is 29.8. The van der Waals surface area contributed by atoms with Crippen molar-refractivity contribution in [3.8, 4) is 17.2 Å². The van der Waals surface area contributed by atoms with E-state index in [1.807, 2.05) is 12.1 Å². The van der Waals surface area contributed by atoms with Crippen molar-refractivity contribution in [2.75, 3.05) is 92.8 Å². The number of methoxy groups -OCH3 is 2. The van der Waals surface area contributed by atoms with E-state index in [9.17, 15) is 5.11 Å². The van der Waals surface area contributed by atoms with Crippen molar-refractivity contribution < 1.29 is 14.6 Å². The smallest absolute Gasteiger partial charge is 0.122 e. The Bertz CT molecular complexity index is 2020. The van der Waals surface area contributed by atoms with Crippen molar-refractivity contribution in [2.45, 2.75) is 227 Å². The molecule has 0 bridgehead atoms. The Balaban J connectivity index is 0.000000131. The second-order valence-corrected chi connectivity index (χ2v) is 25.7. The van der Waals surface area contributed by atoms with Gasteiger partial charge in [0.25, 0.3) is 0 Å². The van der Waals surface area contributed by atoms with Gasteiger partial charge in [0.2, 0.25) is 0 Å². The van der Waals surface area contributed by atoms with Gasteiger partial charge in [-0.15, -0.1) is 0 Å². The largest absolute Gasteiger partial charge is 0.508 e. The molecule has 3 saturated heterocycles. The number of phenolic OH excluding ortho intramolecular Hbond substituents is 1. The van der Waals surface area contributed by atoms with E-state index in [0.717, 1.165) is 47.8 Å². The van der Waals surface area contributed by atoms with Gasteiger partial charge in [0.05, 0.1) is 14.2 Å². The number of ether oxygens (including phenoxy) is 2. The highest BCUT2D eigenvalue weighted by Crippen LogP contribution is 2.42.